The number of allylic oxidation sites excluding steroid dienone is 2. The average molecular weight is 280 g/mol. The fourth-order valence-electron chi connectivity index (χ4n) is 0.301. The average Bonchev–Trinajstić information content (AvgIpc) is 1.61. The molecule has 8 heavy (non-hydrogen) atoms. The van der Waals surface area contributed by atoms with Crippen LogP contribution in [0.5, 0.6) is 0 Å². The minimum Gasteiger partial charge on any atom is -0.353 e. The van der Waals surface area contributed by atoms with Crippen molar-refractivity contribution in [2.24, 2.45) is 5.92 Å². The molecule has 0 aliphatic heterocycles. The smallest absolute Gasteiger partial charge is 0.353 e. The van der Waals surface area contributed by atoms with Crippen LogP contribution in [0.4, 0.5) is 0 Å². The van der Waals surface area contributed by atoms with Gasteiger partial charge in [-0.2, -0.15) is 0 Å². The standard InChI is InChI=1S/C7H12.W/c1-4-5-6-7(2)3;/h4-7H,2H2,1,3H3;/q-2;+2. The van der Waals surface area contributed by atoms with Gasteiger partial charge in [-0.1, -0.05) is 0 Å². The third kappa shape index (κ3) is 9.57. The predicted molar refractivity (Wildman–Crippen MR) is 33.6 cm³/mol. The largest absolute Gasteiger partial charge is 2.00 e. The summed E-state index contributed by atoms with van der Waals surface area (Å²) >= 11 is 0. The second kappa shape index (κ2) is 7.30. The molecule has 0 bridgehead atoms. The molecule has 1 atom stereocenters. The van der Waals surface area contributed by atoms with Crippen molar-refractivity contribution in [2.75, 3.05) is 0 Å². The zero-order valence-electron chi connectivity index (χ0n) is 5.42. The van der Waals surface area contributed by atoms with Crippen molar-refractivity contribution in [2.45, 2.75) is 13.8 Å². The van der Waals surface area contributed by atoms with Crippen molar-refractivity contribution in [1.29, 1.82) is 0 Å². The van der Waals surface area contributed by atoms with E-state index in [9.17, 15) is 0 Å². The summed E-state index contributed by atoms with van der Waals surface area (Å²) in [6.45, 7) is 7.82. The van der Waals surface area contributed by atoms with E-state index in [4.69, 9.17) is 0 Å². The van der Waals surface area contributed by atoms with Gasteiger partial charge in [0.25, 0.3) is 0 Å². The molecule has 0 radical (unpaired) electrons. The molecule has 1 unspecified atom stereocenters. The van der Waals surface area contributed by atoms with Crippen LogP contribution in [-0.2, 0) is 21.1 Å². The Kier molecular flexibility index (Phi) is 10.2. The Balaban J connectivity index is 0. The van der Waals surface area contributed by atoms with Crippen molar-refractivity contribution < 1.29 is 21.1 Å². The van der Waals surface area contributed by atoms with Gasteiger partial charge < -0.3 is 6.92 Å². The van der Waals surface area contributed by atoms with Crippen LogP contribution in [0.25, 0.3) is 0 Å². The molecule has 0 aromatic carbocycles. The molecule has 0 rings (SSSR count). The molecule has 0 heterocycles. The van der Waals surface area contributed by atoms with Crippen molar-refractivity contribution >= 4 is 0 Å². The predicted octanol–water partition coefficient (Wildman–Crippen LogP) is 2.23. The van der Waals surface area contributed by atoms with Gasteiger partial charge in [-0.05, 0) is 0 Å². The maximum absolute atomic E-state index is 3.77. The molecule has 0 spiro atoms. The Bertz CT molecular complexity index is 55.4. The minimum absolute atomic E-state index is 0. The normalized spacial score (nSPS) is 12.9. The van der Waals surface area contributed by atoms with Gasteiger partial charge in [-0.15, -0.1) is 13.8 Å². The van der Waals surface area contributed by atoms with Gasteiger partial charge in [0.1, 0.15) is 0 Å². The quantitative estimate of drug-likeness (QED) is 0.680. The molecule has 1 heteroatoms. The molecule has 0 fully saturated rings. The fourth-order valence-corrected chi connectivity index (χ4v) is 0.301. The van der Waals surface area contributed by atoms with Crippen LogP contribution in [0.2, 0.25) is 0 Å². The zero-order valence-corrected chi connectivity index (χ0v) is 8.36. The van der Waals surface area contributed by atoms with Crippen LogP contribution in [0.1, 0.15) is 13.8 Å². The first kappa shape index (κ1) is 11.1. The van der Waals surface area contributed by atoms with Gasteiger partial charge in [-0.25, -0.2) is 18.1 Å². The van der Waals surface area contributed by atoms with Gasteiger partial charge in [0, 0.05) is 0 Å². The number of hydrogen-bond donors (Lipinski definition) is 0. The molecule has 0 nitrogen and oxygen atoms in total. The Morgan fingerprint density at radius 3 is 2.25 bits per heavy atom. The summed E-state index contributed by atoms with van der Waals surface area (Å²) in [7, 11) is 0. The molecular weight excluding hydrogens is 268 g/mol. The van der Waals surface area contributed by atoms with Crippen molar-refractivity contribution in [3.05, 3.63) is 25.5 Å². The van der Waals surface area contributed by atoms with E-state index < -0.39 is 0 Å². The second-order valence-electron chi connectivity index (χ2n) is 1.70. The zero-order chi connectivity index (χ0) is 5.70. The second-order valence-corrected chi connectivity index (χ2v) is 1.70. The van der Waals surface area contributed by atoms with Crippen molar-refractivity contribution in [3.8, 4) is 0 Å². The molecular formula is C7H12W. The summed E-state index contributed by atoms with van der Waals surface area (Å²) in [5.74, 6) is 0.441. The summed E-state index contributed by atoms with van der Waals surface area (Å²) in [6.07, 6.45) is 6.07. The first-order valence-electron chi connectivity index (χ1n) is 2.56. The first-order valence-corrected chi connectivity index (χ1v) is 2.56. The molecule has 0 aromatic heterocycles. The Morgan fingerprint density at radius 1 is 1.62 bits per heavy atom. The minimum atomic E-state index is 0. The van der Waals surface area contributed by atoms with E-state index in [2.05, 4.69) is 20.3 Å². The maximum atomic E-state index is 3.77. The molecule has 0 aromatic rings. The van der Waals surface area contributed by atoms with Gasteiger partial charge >= 0.3 is 21.1 Å². The Morgan fingerprint density at radius 2 is 2.12 bits per heavy atom. The molecule has 0 amide bonds. The Hall–Kier alpha value is 0.298. The molecule has 0 aliphatic carbocycles. The summed E-state index contributed by atoms with van der Waals surface area (Å²) in [6, 6.07) is 0. The van der Waals surface area contributed by atoms with E-state index in [1.165, 1.54) is 0 Å². The van der Waals surface area contributed by atoms with Gasteiger partial charge in [0.15, 0.2) is 0 Å². The Labute approximate surface area is 66.6 Å². The van der Waals surface area contributed by atoms with Crippen LogP contribution < -0.4 is 0 Å². The monoisotopic (exact) mass is 280 g/mol. The van der Waals surface area contributed by atoms with E-state index in [1.54, 1.807) is 0 Å². The fraction of sp³-hybridized carbons (Fsp3) is 0.429. The van der Waals surface area contributed by atoms with Crippen LogP contribution >= 0.6 is 0 Å². The first-order chi connectivity index (χ1) is 3.27. The summed E-state index contributed by atoms with van der Waals surface area (Å²) < 4.78 is 0. The SMILES string of the molecule is [CH2-]C(C)[CH-]C=CC.[W+2]. The van der Waals surface area contributed by atoms with Gasteiger partial charge in [-0.3, -0.25) is 6.42 Å². The van der Waals surface area contributed by atoms with Crippen LogP contribution in [0.15, 0.2) is 12.2 Å². The van der Waals surface area contributed by atoms with Gasteiger partial charge in [0.05, 0.1) is 0 Å². The maximum Gasteiger partial charge on any atom is 2.00 e. The summed E-state index contributed by atoms with van der Waals surface area (Å²) in [4.78, 5) is 0. The van der Waals surface area contributed by atoms with E-state index in [0.29, 0.717) is 5.92 Å². The van der Waals surface area contributed by atoms with Gasteiger partial charge in [0.2, 0.25) is 0 Å². The summed E-state index contributed by atoms with van der Waals surface area (Å²) in [5.41, 5.74) is 0. The molecule has 0 saturated carbocycles. The number of rotatable bonds is 2. The third-order valence-corrected chi connectivity index (χ3v) is 0.632. The third-order valence-electron chi connectivity index (χ3n) is 0.632. The number of hydrogen-bond acceptors (Lipinski definition) is 0. The van der Waals surface area contributed by atoms with E-state index in [-0.39, 0.29) is 21.1 Å². The van der Waals surface area contributed by atoms with Crippen LogP contribution in [-0.4, -0.2) is 0 Å². The van der Waals surface area contributed by atoms with Crippen molar-refractivity contribution in [3.63, 3.8) is 0 Å². The molecule has 46 valence electrons. The summed E-state index contributed by atoms with van der Waals surface area (Å²) in [5, 5.41) is 0. The molecule has 0 N–H and O–H groups in total. The van der Waals surface area contributed by atoms with Crippen LogP contribution in [0.3, 0.4) is 0 Å². The molecule has 0 saturated heterocycles. The van der Waals surface area contributed by atoms with Crippen molar-refractivity contribution in [1.82, 2.24) is 0 Å². The van der Waals surface area contributed by atoms with Crippen LogP contribution in [0, 0.1) is 19.3 Å². The molecule has 0 aliphatic rings. The topological polar surface area (TPSA) is 0 Å². The van der Waals surface area contributed by atoms with E-state index in [1.807, 2.05) is 19.1 Å². The van der Waals surface area contributed by atoms with E-state index in [0.717, 1.165) is 0 Å². The van der Waals surface area contributed by atoms with E-state index >= 15 is 0 Å².